The van der Waals surface area contributed by atoms with Gasteiger partial charge in [0, 0.05) is 16.0 Å². The monoisotopic (exact) mass is 389 g/mol. The zero-order chi connectivity index (χ0) is 17.6. The fraction of sp³-hybridized carbons (Fsp3) is 0.118. The van der Waals surface area contributed by atoms with Crippen molar-refractivity contribution in [2.45, 2.75) is 11.8 Å². The van der Waals surface area contributed by atoms with Crippen LogP contribution in [0.5, 0.6) is 0 Å². The van der Waals surface area contributed by atoms with E-state index in [-0.39, 0.29) is 17.6 Å². The van der Waals surface area contributed by atoms with Crippen molar-refractivity contribution in [2.75, 3.05) is 16.4 Å². The summed E-state index contributed by atoms with van der Waals surface area (Å²) in [6, 6.07) is 11.1. The molecule has 0 radical (unpaired) electrons. The first-order valence-corrected chi connectivity index (χ1v) is 10.1. The molecule has 128 valence electrons. The van der Waals surface area contributed by atoms with Crippen molar-refractivity contribution in [3.63, 3.8) is 0 Å². The second-order valence-electron chi connectivity index (χ2n) is 5.09. The molecular formula is C17H15N3O2S3. The maximum absolute atomic E-state index is 12.1. The summed E-state index contributed by atoms with van der Waals surface area (Å²) in [4.78, 5) is 29.8. The Morgan fingerprint density at radius 3 is 2.76 bits per heavy atom. The van der Waals surface area contributed by atoms with Gasteiger partial charge in [-0.2, -0.15) is 0 Å². The Morgan fingerprint density at radius 2 is 2.04 bits per heavy atom. The first-order valence-electron chi connectivity index (χ1n) is 7.40. The van der Waals surface area contributed by atoms with E-state index in [0.717, 1.165) is 10.6 Å². The van der Waals surface area contributed by atoms with Gasteiger partial charge in [0.25, 0.3) is 5.91 Å². The maximum Gasteiger partial charge on any atom is 0.265 e. The number of thiazole rings is 1. The number of carbonyl (C=O) groups is 2. The lowest BCUT2D eigenvalue weighted by Gasteiger charge is -2.06. The number of aromatic nitrogens is 1. The highest BCUT2D eigenvalue weighted by atomic mass is 32.2. The lowest BCUT2D eigenvalue weighted by molar-refractivity contribution is -0.113. The number of nitrogens with one attached hydrogen (secondary N) is 2. The topological polar surface area (TPSA) is 71.1 Å². The van der Waals surface area contributed by atoms with Crippen LogP contribution < -0.4 is 10.6 Å². The predicted octanol–water partition coefficient (Wildman–Crippen LogP) is 4.50. The molecular weight excluding hydrogens is 374 g/mol. The van der Waals surface area contributed by atoms with Crippen molar-refractivity contribution in [3.8, 4) is 0 Å². The van der Waals surface area contributed by atoms with Gasteiger partial charge < -0.3 is 10.6 Å². The number of benzene rings is 1. The minimum atomic E-state index is -0.131. The van der Waals surface area contributed by atoms with Crippen molar-refractivity contribution < 1.29 is 9.59 Å². The van der Waals surface area contributed by atoms with Gasteiger partial charge in [-0.05, 0) is 36.6 Å². The second-order valence-corrected chi connectivity index (χ2v) is 7.94. The van der Waals surface area contributed by atoms with Crippen LogP contribution in [0.2, 0.25) is 0 Å². The minimum absolute atomic E-state index is 0.104. The number of carbonyl (C=O) groups excluding carboxylic acids is 2. The number of anilines is 2. The summed E-state index contributed by atoms with van der Waals surface area (Å²) >= 11 is 4.21. The average molecular weight is 390 g/mol. The molecule has 0 atom stereocenters. The fourth-order valence-electron chi connectivity index (χ4n) is 1.98. The van der Waals surface area contributed by atoms with Crippen LogP contribution in [0.3, 0.4) is 0 Å². The van der Waals surface area contributed by atoms with Crippen molar-refractivity contribution in [2.24, 2.45) is 0 Å². The van der Waals surface area contributed by atoms with E-state index >= 15 is 0 Å². The number of aryl methyl sites for hydroxylation is 1. The summed E-state index contributed by atoms with van der Waals surface area (Å²) in [5, 5.41) is 10.0. The van der Waals surface area contributed by atoms with Gasteiger partial charge in [0.1, 0.15) is 0 Å². The summed E-state index contributed by atoms with van der Waals surface area (Å²) < 4.78 is 0. The van der Waals surface area contributed by atoms with Gasteiger partial charge >= 0.3 is 0 Å². The molecule has 0 unspecified atom stereocenters. The lowest BCUT2D eigenvalue weighted by atomic mass is 10.3. The molecule has 0 bridgehead atoms. The number of amides is 2. The zero-order valence-electron chi connectivity index (χ0n) is 13.3. The van der Waals surface area contributed by atoms with Crippen molar-refractivity contribution in [1.82, 2.24) is 4.98 Å². The smallest absolute Gasteiger partial charge is 0.265 e. The molecule has 2 N–H and O–H groups in total. The van der Waals surface area contributed by atoms with Gasteiger partial charge in [0.2, 0.25) is 5.91 Å². The molecule has 25 heavy (non-hydrogen) atoms. The molecule has 1 aromatic carbocycles. The van der Waals surface area contributed by atoms with Gasteiger partial charge in [-0.3, -0.25) is 9.59 Å². The molecule has 0 aliphatic rings. The summed E-state index contributed by atoms with van der Waals surface area (Å²) in [5.74, 6) is 0.0439. The summed E-state index contributed by atoms with van der Waals surface area (Å²) in [6.45, 7) is 1.89. The third kappa shape index (κ3) is 5.15. The molecule has 0 saturated heterocycles. The Morgan fingerprint density at radius 1 is 1.16 bits per heavy atom. The number of thioether (sulfide) groups is 1. The molecule has 3 rings (SSSR count). The first kappa shape index (κ1) is 17.7. The molecule has 0 aliphatic heterocycles. The van der Waals surface area contributed by atoms with E-state index in [1.165, 1.54) is 34.4 Å². The summed E-state index contributed by atoms with van der Waals surface area (Å²) in [7, 11) is 0. The predicted molar refractivity (Wildman–Crippen MR) is 105 cm³/mol. The fourth-order valence-corrected chi connectivity index (χ4v) is 4.06. The summed E-state index contributed by atoms with van der Waals surface area (Å²) in [5.41, 5.74) is 1.60. The molecule has 0 saturated carbocycles. The largest absolute Gasteiger partial charge is 0.321 e. The van der Waals surface area contributed by atoms with E-state index < -0.39 is 0 Å². The highest BCUT2D eigenvalue weighted by molar-refractivity contribution is 8.00. The Balaban J connectivity index is 1.54. The second kappa shape index (κ2) is 8.28. The Bertz CT molecular complexity index is 875. The van der Waals surface area contributed by atoms with Crippen molar-refractivity contribution >= 4 is 57.1 Å². The Hall–Kier alpha value is -2.16. The third-order valence-electron chi connectivity index (χ3n) is 3.07. The molecule has 8 heteroatoms. The average Bonchev–Trinajstić information content (AvgIpc) is 3.25. The molecule has 2 aromatic heterocycles. The van der Waals surface area contributed by atoms with Gasteiger partial charge in [0.15, 0.2) is 5.13 Å². The molecule has 0 fully saturated rings. The van der Waals surface area contributed by atoms with Crippen LogP contribution in [0.15, 0.2) is 52.1 Å². The van der Waals surface area contributed by atoms with Crippen LogP contribution in [0, 0.1) is 6.92 Å². The van der Waals surface area contributed by atoms with E-state index in [4.69, 9.17) is 0 Å². The Labute approximate surface area is 157 Å². The van der Waals surface area contributed by atoms with Crippen molar-refractivity contribution in [3.05, 3.63) is 57.7 Å². The van der Waals surface area contributed by atoms with Crippen molar-refractivity contribution in [1.29, 1.82) is 0 Å². The molecule has 2 heterocycles. The van der Waals surface area contributed by atoms with Gasteiger partial charge in [-0.15, -0.1) is 34.4 Å². The highest BCUT2D eigenvalue weighted by Gasteiger charge is 2.09. The van der Waals surface area contributed by atoms with Crippen LogP contribution in [-0.4, -0.2) is 22.6 Å². The lowest BCUT2D eigenvalue weighted by Crippen LogP contribution is -2.13. The van der Waals surface area contributed by atoms with E-state index in [0.29, 0.717) is 15.7 Å². The third-order valence-corrected chi connectivity index (χ3v) is 5.81. The van der Waals surface area contributed by atoms with Crippen LogP contribution in [0.4, 0.5) is 10.8 Å². The van der Waals surface area contributed by atoms with Gasteiger partial charge in [-0.1, -0.05) is 12.1 Å². The highest BCUT2D eigenvalue weighted by Crippen LogP contribution is 2.23. The van der Waals surface area contributed by atoms with Crippen LogP contribution in [0.1, 0.15) is 15.4 Å². The van der Waals surface area contributed by atoms with E-state index in [1.54, 1.807) is 6.07 Å². The first-order chi connectivity index (χ1) is 12.1. The van der Waals surface area contributed by atoms with E-state index in [9.17, 15) is 9.59 Å². The van der Waals surface area contributed by atoms with Gasteiger partial charge in [-0.25, -0.2) is 4.98 Å². The van der Waals surface area contributed by atoms with E-state index in [2.05, 4.69) is 15.6 Å². The maximum atomic E-state index is 12.1. The zero-order valence-corrected chi connectivity index (χ0v) is 15.8. The normalized spacial score (nSPS) is 10.4. The number of hydrogen-bond acceptors (Lipinski definition) is 6. The molecule has 0 spiro atoms. The minimum Gasteiger partial charge on any atom is -0.321 e. The SMILES string of the molecule is Cc1csc(NC(=O)CSc2cccc(NC(=O)c3cccs3)c2)n1. The number of nitrogens with zero attached hydrogens (tertiary/aromatic N) is 1. The van der Waals surface area contributed by atoms with Crippen LogP contribution >= 0.6 is 34.4 Å². The number of rotatable bonds is 6. The number of hydrogen-bond donors (Lipinski definition) is 2. The van der Waals surface area contributed by atoms with Gasteiger partial charge in [0.05, 0.1) is 16.3 Å². The van der Waals surface area contributed by atoms with E-state index in [1.807, 2.05) is 48.0 Å². The Kier molecular flexibility index (Phi) is 5.85. The standard InChI is InChI=1S/C17H15N3O2S3/c1-11-9-25-17(18-11)20-15(21)10-24-13-5-2-4-12(8-13)19-16(22)14-6-3-7-23-14/h2-9H,10H2,1H3,(H,19,22)(H,18,20,21). The number of thiophene rings is 1. The molecule has 5 nitrogen and oxygen atoms in total. The quantitative estimate of drug-likeness (QED) is 0.609. The molecule has 3 aromatic rings. The van der Waals surface area contributed by atoms with Crippen LogP contribution in [-0.2, 0) is 4.79 Å². The molecule has 0 aliphatic carbocycles. The van der Waals surface area contributed by atoms with Crippen LogP contribution in [0.25, 0.3) is 0 Å². The summed E-state index contributed by atoms with van der Waals surface area (Å²) in [6.07, 6.45) is 0. The molecule has 2 amide bonds.